The Bertz CT molecular complexity index is 432. The molecule has 8 heteroatoms. The second-order valence-electron chi connectivity index (χ2n) is 4.05. The van der Waals surface area contributed by atoms with E-state index in [4.69, 9.17) is 10.9 Å². The summed E-state index contributed by atoms with van der Waals surface area (Å²) in [5.41, 5.74) is 5.49. The van der Waals surface area contributed by atoms with Crippen molar-refractivity contribution in [2.75, 3.05) is 37.6 Å². The first kappa shape index (κ1) is 13.0. The average molecular weight is 315 g/mol. The molecule has 1 aromatic rings. The van der Waals surface area contributed by atoms with Crippen LogP contribution < -0.4 is 10.6 Å². The summed E-state index contributed by atoms with van der Waals surface area (Å²) in [6.07, 6.45) is 3.29. The summed E-state index contributed by atoms with van der Waals surface area (Å²) in [6.45, 7) is 3.91. The fraction of sp³-hybridized carbons (Fsp3) is 0.500. The molecule has 0 spiro atoms. The molecule has 0 unspecified atom stereocenters. The minimum Gasteiger partial charge on any atom is -0.409 e. The van der Waals surface area contributed by atoms with E-state index in [1.807, 2.05) is 0 Å². The lowest BCUT2D eigenvalue weighted by Gasteiger charge is -2.35. The Morgan fingerprint density at radius 3 is 2.78 bits per heavy atom. The molecule has 2 heterocycles. The highest BCUT2D eigenvalue weighted by Crippen LogP contribution is 2.22. The number of hydrogen-bond donors (Lipinski definition) is 2. The Labute approximate surface area is 113 Å². The quantitative estimate of drug-likeness (QED) is 0.356. The molecule has 0 aromatic carbocycles. The van der Waals surface area contributed by atoms with E-state index < -0.39 is 0 Å². The standard InChI is InChI=1S/C10H15BrN6O/c11-8-5-13-7-14-10(8)17-3-1-16(2-4-17)6-9(12)15-18/h5,7,18H,1-4,6H2,(H2,12,15). The van der Waals surface area contributed by atoms with Crippen LogP contribution in [-0.2, 0) is 0 Å². The van der Waals surface area contributed by atoms with Crippen LogP contribution in [0.4, 0.5) is 5.82 Å². The summed E-state index contributed by atoms with van der Waals surface area (Å²) in [4.78, 5) is 12.5. The minimum absolute atomic E-state index is 0.242. The van der Waals surface area contributed by atoms with Gasteiger partial charge in [0, 0.05) is 32.4 Å². The number of rotatable bonds is 3. The van der Waals surface area contributed by atoms with Crippen molar-refractivity contribution in [2.45, 2.75) is 0 Å². The van der Waals surface area contributed by atoms with Crippen LogP contribution in [-0.4, -0.2) is 58.6 Å². The Balaban J connectivity index is 1.93. The summed E-state index contributed by atoms with van der Waals surface area (Å²) < 4.78 is 0.898. The van der Waals surface area contributed by atoms with Crippen LogP contribution in [0.15, 0.2) is 22.2 Å². The van der Waals surface area contributed by atoms with Crippen LogP contribution in [0, 0.1) is 0 Å². The van der Waals surface area contributed by atoms with Crippen molar-refractivity contribution in [3.05, 3.63) is 17.0 Å². The number of nitrogens with zero attached hydrogens (tertiary/aromatic N) is 5. The van der Waals surface area contributed by atoms with Gasteiger partial charge in [-0.3, -0.25) is 4.90 Å². The Kier molecular flexibility index (Phi) is 4.32. The second kappa shape index (κ2) is 5.96. The smallest absolute Gasteiger partial charge is 0.153 e. The van der Waals surface area contributed by atoms with Gasteiger partial charge in [0.2, 0.25) is 0 Å². The van der Waals surface area contributed by atoms with E-state index in [1.165, 1.54) is 0 Å². The molecule has 18 heavy (non-hydrogen) atoms. The van der Waals surface area contributed by atoms with Gasteiger partial charge in [0.15, 0.2) is 5.84 Å². The van der Waals surface area contributed by atoms with Gasteiger partial charge in [-0.15, -0.1) is 0 Å². The first-order valence-corrected chi connectivity index (χ1v) is 6.39. The Hall–Kier alpha value is -1.41. The van der Waals surface area contributed by atoms with Gasteiger partial charge in [0.25, 0.3) is 0 Å². The third kappa shape index (κ3) is 3.08. The second-order valence-corrected chi connectivity index (χ2v) is 4.90. The normalized spacial score (nSPS) is 18.1. The predicted octanol–water partition coefficient (Wildman–Crippen LogP) is 0.107. The minimum atomic E-state index is 0.242. The van der Waals surface area contributed by atoms with Gasteiger partial charge in [-0.1, -0.05) is 5.16 Å². The van der Waals surface area contributed by atoms with E-state index in [1.54, 1.807) is 12.5 Å². The SMILES string of the molecule is NC(CN1CCN(c2ncncc2Br)CC1)=NO. The lowest BCUT2D eigenvalue weighted by Crippen LogP contribution is -2.49. The van der Waals surface area contributed by atoms with Gasteiger partial charge in [0.05, 0.1) is 11.0 Å². The van der Waals surface area contributed by atoms with Crippen molar-refractivity contribution in [3.8, 4) is 0 Å². The molecule has 0 aliphatic carbocycles. The van der Waals surface area contributed by atoms with Crippen molar-refractivity contribution in [3.63, 3.8) is 0 Å². The number of oxime groups is 1. The van der Waals surface area contributed by atoms with Crippen LogP contribution in [0.25, 0.3) is 0 Å². The van der Waals surface area contributed by atoms with Crippen LogP contribution >= 0.6 is 15.9 Å². The highest BCUT2D eigenvalue weighted by molar-refractivity contribution is 9.10. The van der Waals surface area contributed by atoms with Crippen LogP contribution in [0.3, 0.4) is 0 Å². The molecule has 1 aliphatic rings. The molecule has 2 rings (SSSR count). The van der Waals surface area contributed by atoms with E-state index in [0.29, 0.717) is 6.54 Å². The average Bonchev–Trinajstić information content (AvgIpc) is 2.40. The topological polar surface area (TPSA) is 90.9 Å². The monoisotopic (exact) mass is 314 g/mol. The number of hydrogen-bond acceptors (Lipinski definition) is 6. The van der Waals surface area contributed by atoms with Gasteiger partial charge in [-0.05, 0) is 15.9 Å². The lowest BCUT2D eigenvalue weighted by atomic mass is 10.3. The van der Waals surface area contributed by atoms with Crippen molar-refractivity contribution in [2.24, 2.45) is 10.9 Å². The molecular weight excluding hydrogens is 300 g/mol. The molecule has 1 fully saturated rings. The van der Waals surface area contributed by atoms with E-state index >= 15 is 0 Å². The van der Waals surface area contributed by atoms with E-state index in [9.17, 15) is 0 Å². The lowest BCUT2D eigenvalue weighted by molar-refractivity contribution is 0.278. The van der Waals surface area contributed by atoms with Gasteiger partial charge in [-0.2, -0.15) is 0 Å². The molecule has 1 aromatic heterocycles. The fourth-order valence-electron chi connectivity index (χ4n) is 1.92. The van der Waals surface area contributed by atoms with Crippen molar-refractivity contribution in [1.82, 2.24) is 14.9 Å². The third-order valence-corrected chi connectivity index (χ3v) is 3.39. The highest BCUT2D eigenvalue weighted by atomic mass is 79.9. The van der Waals surface area contributed by atoms with Crippen LogP contribution in [0.1, 0.15) is 0 Å². The number of aromatic nitrogens is 2. The molecule has 0 atom stereocenters. The molecule has 7 nitrogen and oxygen atoms in total. The summed E-state index contributed by atoms with van der Waals surface area (Å²) in [6, 6.07) is 0. The maximum absolute atomic E-state index is 8.53. The molecular formula is C10H15BrN6O. The van der Waals surface area contributed by atoms with Gasteiger partial charge >= 0.3 is 0 Å². The number of piperazine rings is 1. The summed E-state index contributed by atoms with van der Waals surface area (Å²) in [5.74, 6) is 1.15. The number of amidine groups is 1. The van der Waals surface area contributed by atoms with Crippen LogP contribution in [0.2, 0.25) is 0 Å². The first-order chi connectivity index (χ1) is 8.70. The Morgan fingerprint density at radius 1 is 1.44 bits per heavy atom. The number of nitrogens with two attached hydrogens (primary N) is 1. The third-order valence-electron chi connectivity index (χ3n) is 2.83. The van der Waals surface area contributed by atoms with E-state index in [-0.39, 0.29) is 5.84 Å². The summed E-state index contributed by atoms with van der Waals surface area (Å²) in [5, 5.41) is 11.5. The van der Waals surface area contributed by atoms with Gasteiger partial charge < -0.3 is 15.8 Å². The molecule has 1 saturated heterocycles. The maximum Gasteiger partial charge on any atom is 0.153 e. The molecule has 0 saturated carbocycles. The highest BCUT2D eigenvalue weighted by Gasteiger charge is 2.20. The Morgan fingerprint density at radius 2 is 2.17 bits per heavy atom. The first-order valence-electron chi connectivity index (χ1n) is 5.60. The zero-order chi connectivity index (χ0) is 13.0. The molecule has 0 bridgehead atoms. The zero-order valence-corrected chi connectivity index (χ0v) is 11.4. The van der Waals surface area contributed by atoms with E-state index in [0.717, 1.165) is 36.5 Å². The number of halogens is 1. The van der Waals surface area contributed by atoms with Gasteiger partial charge in [0.1, 0.15) is 12.1 Å². The van der Waals surface area contributed by atoms with Crippen LogP contribution in [0.5, 0.6) is 0 Å². The predicted molar refractivity (Wildman–Crippen MR) is 71.8 cm³/mol. The largest absolute Gasteiger partial charge is 0.409 e. The summed E-state index contributed by atoms with van der Waals surface area (Å²) in [7, 11) is 0. The maximum atomic E-state index is 8.53. The fourth-order valence-corrected chi connectivity index (χ4v) is 2.39. The molecule has 1 aliphatic heterocycles. The number of anilines is 1. The molecule has 98 valence electrons. The van der Waals surface area contributed by atoms with Crippen molar-refractivity contribution >= 4 is 27.6 Å². The zero-order valence-electron chi connectivity index (χ0n) is 9.83. The molecule has 3 N–H and O–H groups in total. The van der Waals surface area contributed by atoms with Gasteiger partial charge in [-0.25, -0.2) is 9.97 Å². The van der Waals surface area contributed by atoms with Crippen molar-refractivity contribution in [1.29, 1.82) is 0 Å². The van der Waals surface area contributed by atoms with E-state index in [2.05, 4.69) is 40.9 Å². The molecule has 0 radical (unpaired) electrons. The summed E-state index contributed by atoms with van der Waals surface area (Å²) >= 11 is 3.45. The van der Waals surface area contributed by atoms with Crippen molar-refractivity contribution < 1.29 is 5.21 Å². The molecule has 0 amide bonds.